The van der Waals surface area contributed by atoms with E-state index in [2.05, 4.69) is 15.0 Å². The van der Waals surface area contributed by atoms with E-state index in [1.54, 1.807) is 13.2 Å². The molecule has 2 aromatic carbocycles. The van der Waals surface area contributed by atoms with Crippen LogP contribution in [0.1, 0.15) is 15.9 Å². The molecule has 0 saturated carbocycles. The number of benzene rings is 2. The molecule has 26 heavy (non-hydrogen) atoms. The number of hydrogen-bond donors (Lipinski definition) is 2. The van der Waals surface area contributed by atoms with Crippen molar-refractivity contribution in [3.05, 3.63) is 71.2 Å². The molecule has 1 atom stereocenters. The van der Waals surface area contributed by atoms with Crippen molar-refractivity contribution < 1.29 is 9.00 Å². The highest BCUT2D eigenvalue weighted by Crippen LogP contribution is 2.28. The van der Waals surface area contributed by atoms with E-state index >= 15 is 0 Å². The lowest BCUT2D eigenvalue weighted by Gasteiger charge is -2.11. The summed E-state index contributed by atoms with van der Waals surface area (Å²) in [6.07, 6.45) is 1.67. The van der Waals surface area contributed by atoms with Gasteiger partial charge in [0.2, 0.25) is 0 Å². The van der Waals surface area contributed by atoms with E-state index < -0.39 is 10.0 Å². The summed E-state index contributed by atoms with van der Waals surface area (Å²) >= 11 is 1.41. The van der Waals surface area contributed by atoms with Gasteiger partial charge in [0.15, 0.2) is 15.1 Å². The number of rotatable bonds is 7. The second-order valence-corrected chi connectivity index (χ2v) is 8.97. The molecule has 0 aliphatic carbocycles. The Bertz CT molecular complexity index is 899. The van der Waals surface area contributed by atoms with Gasteiger partial charge in [-0.05, 0) is 39.6 Å². The largest absolute Gasteiger partial charge is 0.355 e. The second kappa shape index (κ2) is 8.98. The summed E-state index contributed by atoms with van der Waals surface area (Å²) in [6, 6.07) is 15.5. The van der Waals surface area contributed by atoms with E-state index in [1.807, 2.05) is 53.9 Å². The van der Waals surface area contributed by atoms with Gasteiger partial charge in [0, 0.05) is 29.9 Å². The lowest BCUT2D eigenvalue weighted by atomic mass is 9.97. The van der Waals surface area contributed by atoms with Crippen LogP contribution in [-0.2, 0) is 15.8 Å². The van der Waals surface area contributed by atoms with Crippen LogP contribution in [0.5, 0.6) is 0 Å². The van der Waals surface area contributed by atoms with Crippen molar-refractivity contribution in [1.82, 2.24) is 10.3 Å². The van der Waals surface area contributed by atoms with Crippen LogP contribution >= 0.6 is 22.1 Å². The Labute approximate surface area is 162 Å². The van der Waals surface area contributed by atoms with Crippen molar-refractivity contribution in [3.63, 3.8) is 0 Å². The lowest BCUT2D eigenvalue weighted by Crippen LogP contribution is -2.18. The molecule has 3 aromatic rings. The molecule has 0 bridgehead atoms. The van der Waals surface area contributed by atoms with Crippen molar-refractivity contribution in [2.75, 3.05) is 11.8 Å². The van der Waals surface area contributed by atoms with E-state index in [1.165, 1.54) is 22.1 Å². The van der Waals surface area contributed by atoms with Gasteiger partial charge in [-0.2, -0.15) is 0 Å². The Morgan fingerprint density at radius 2 is 2.04 bits per heavy atom. The highest BCUT2D eigenvalue weighted by atomic mass is 33.1. The van der Waals surface area contributed by atoms with Crippen LogP contribution in [0.2, 0.25) is 0 Å². The van der Waals surface area contributed by atoms with Crippen LogP contribution in [0, 0.1) is 0 Å². The van der Waals surface area contributed by atoms with E-state index in [9.17, 15) is 9.00 Å². The van der Waals surface area contributed by atoms with Crippen LogP contribution in [0.15, 0.2) is 60.1 Å². The van der Waals surface area contributed by atoms with Gasteiger partial charge in [-0.1, -0.05) is 36.4 Å². The first-order valence-corrected chi connectivity index (χ1v) is 11.3. The van der Waals surface area contributed by atoms with Crippen molar-refractivity contribution in [1.29, 1.82) is 0 Å². The molecule has 0 aliphatic rings. The number of carbonyl (C=O) groups is 1. The zero-order valence-corrected chi connectivity index (χ0v) is 16.4. The number of amides is 1. The summed E-state index contributed by atoms with van der Waals surface area (Å²) in [5, 5.41) is 5.14. The van der Waals surface area contributed by atoms with E-state index in [0.717, 1.165) is 16.7 Å². The van der Waals surface area contributed by atoms with Crippen LogP contribution in [-0.4, -0.2) is 22.1 Å². The number of hydrogen-bond acceptors (Lipinski definition) is 5. The van der Waals surface area contributed by atoms with Crippen LogP contribution in [0.3, 0.4) is 0 Å². The number of nitrogens with one attached hydrogen (secondary N) is 2. The molecular formula is C18H17N3O2S3. The molecule has 1 aromatic heterocycles. The summed E-state index contributed by atoms with van der Waals surface area (Å²) < 4.78 is 15.0. The Kier molecular flexibility index (Phi) is 6.43. The first-order valence-electron chi connectivity index (χ1n) is 7.79. The van der Waals surface area contributed by atoms with Crippen molar-refractivity contribution >= 4 is 43.2 Å². The number of aromatic nitrogens is 1. The summed E-state index contributed by atoms with van der Waals surface area (Å²) in [5.74, 6) is 0.427. The number of carbonyl (C=O) groups excluding carboxylic acids is 1. The minimum absolute atomic E-state index is 0.128. The van der Waals surface area contributed by atoms with Gasteiger partial charge in [-0.25, -0.2) is 9.19 Å². The van der Waals surface area contributed by atoms with E-state index in [4.69, 9.17) is 0 Å². The molecular weight excluding hydrogens is 386 g/mol. The normalized spacial score (nSPS) is 11.7. The average Bonchev–Trinajstić information content (AvgIpc) is 3.19. The Morgan fingerprint density at radius 1 is 1.23 bits per heavy atom. The highest BCUT2D eigenvalue weighted by Gasteiger charge is 2.13. The molecule has 134 valence electrons. The number of nitrogens with zero attached hydrogens (tertiary/aromatic N) is 1. The summed E-state index contributed by atoms with van der Waals surface area (Å²) in [6.45, 7) is 0. The molecule has 8 heteroatoms. The molecule has 5 nitrogen and oxygen atoms in total. The standard InChI is InChI=1S/C18H17N3O2S3/c1-19-17(22)15-8-7-13(11-16(15)14-5-3-2-4-6-14)12-25-26(23)21-18-20-9-10-24-18/h2-11H,12H2,1H3,(H,19,22)(H,20,21). The van der Waals surface area contributed by atoms with E-state index in [-0.39, 0.29) is 5.91 Å². The lowest BCUT2D eigenvalue weighted by molar-refractivity contribution is 0.0963. The fraction of sp³-hybridized carbons (Fsp3) is 0.111. The highest BCUT2D eigenvalue weighted by molar-refractivity contribution is 8.69. The van der Waals surface area contributed by atoms with Gasteiger partial charge in [0.25, 0.3) is 5.91 Å². The Hall–Kier alpha value is -2.16. The third-order valence-corrected chi connectivity index (χ3v) is 6.66. The molecule has 0 fully saturated rings. The van der Waals surface area contributed by atoms with E-state index in [0.29, 0.717) is 16.4 Å². The third-order valence-electron chi connectivity index (χ3n) is 3.58. The molecule has 1 amide bonds. The predicted octanol–water partition coefficient (Wildman–Crippen LogP) is 4.09. The minimum atomic E-state index is -1.28. The summed E-state index contributed by atoms with van der Waals surface area (Å²) in [7, 11) is 1.62. The Morgan fingerprint density at radius 3 is 2.73 bits per heavy atom. The van der Waals surface area contributed by atoms with Gasteiger partial charge in [-0.15, -0.1) is 11.3 Å². The van der Waals surface area contributed by atoms with Gasteiger partial charge in [-0.3, -0.25) is 9.52 Å². The molecule has 1 heterocycles. The minimum Gasteiger partial charge on any atom is -0.355 e. The van der Waals surface area contributed by atoms with Gasteiger partial charge >= 0.3 is 0 Å². The zero-order valence-electron chi connectivity index (χ0n) is 14.0. The van der Waals surface area contributed by atoms with Gasteiger partial charge in [0.1, 0.15) is 0 Å². The SMILES string of the molecule is CNC(=O)c1ccc(CSS(=O)Nc2nccs2)cc1-c1ccccc1. The fourth-order valence-electron chi connectivity index (χ4n) is 2.37. The number of thiazole rings is 1. The van der Waals surface area contributed by atoms with Crippen molar-refractivity contribution in [3.8, 4) is 11.1 Å². The molecule has 1 unspecified atom stereocenters. The van der Waals surface area contributed by atoms with Crippen LogP contribution in [0.25, 0.3) is 11.1 Å². The molecule has 0 spiro atoms. The summed E-state index contributed by atoms with van der Waals surface area (Å²) in [5.41, 5.74) is 3.45. The monoisotopic (exact) mass is 403 g/mol. The molecule has 3 rings (SSSR count). The quantitative estimate of drug-likeness (QED) is 0.583. The third kappa shape index (κ3) is 4.72. The molecule has 2 N–H and O–H groups in total. The van der Waals surface area contributed by atoms with Crippen molar-refractivity contribution in [2.45, 2.75) is 5.75 Å². The van der Waals surface area contributed by atoms with Gasteiger partial charge < -0.3 is 5.32 Å². The molecule has 0 radical (unpaired) electrons. The summed E-state index contributed by atoms with van der Waals surface area (Å²) in [4.78, 5) is 16.2. The van der Waals surface area contributed by atoms with Crippen LogP contribution in [0.4, 0.5) is 5.13 Å². The average molecular weight is 404 g/mol. The molecule has 0 aliphatic heterocycles. The maximum absolute atomic E-state index is 12.2. The smallest absolute Gasteiger partial charge is 0.251 e. The first-order chi connectivity index (χ1) is 12.7. The second-order valence-electron chi connectivity index (χ2n) is 5.26. The Balaban J connectivity index is 1.78. The maximum Gasteiger partial charge on any atom is 0.251 e. The molecule has 0 saturated heterocycles. The predicted molar refractivity (Wildman–Crippen MR) is 110 cm³/mol. The first kappa shape index (κ1) is 18.6. The fourth-order valence-corrected chi connectivity index (χ4v) is 5.14. The van der Waals surface area contributed by atoms with Crippen LogP contribution < -0.4 is 10.0 Å². The topological polar surface area (TPSA) is 71.1 Å². The van der Waals surface area contributed by atoms with Crippen molar-refractivity contribution in [2.24, 2.45) is 0 Å². The van der Waals surface area contributed by atoms with Gasteiger partial charge in [0.05, 0.1) is 0 Å². The number of anilines is 1. The zero-order chi connectivity index (χ0) is 18.4. The maximum atomic E-state index is 12.2.